The van der Waals surface area contributed by atoms with Gasteiger partial charge in [-0.15, -0.1) is 0 Å². The van der Waals surface area contributed by atoms with Gasteiger partial charge in [-0.25, -0.2) is 0 Å². The van der Waals surface area contributed by atoms with Crippen molar-refractivity contribution in [3.05, 3.63) is 0 Å². The summed E-state index contributed by atoms with van der Waals surface area (Å²) in [6.45, 7) is 4.61. The number of hydrogen-bond acceptors (Lipinski definition) is 2. The van der Waals surface area contributed by atoms with Gasteiger partial charge in [0.25, 0.3) is 0 Å². The van der Waals surface area contributed by atoms with Crippen LogP contribution in [-0.2, 0) is 9.59 Å². The molecule has 4 nitrogen and oxygen atoms in total. The van der Waals surface area contributed by atoms with Crippen LogP contribution >= 0.6 is 0 Å². The van der Waals surface area contributed by atoms with Crippen LogP contribution in [0, 0.1) is 5.92 Å². The minimum absolute atomic E-state index is 0. The predicted molar refractivity (Wildman–Crippen MR) is 131 cm³/mol. The van der Waals surface area contributed by atoms with Crippen molar-refractivity contribution in [2.75, 3.05) is 0 Å². The fourth-order valence-electron chi connectivity index (χ4n) is 3.64. The van der Waals surface area contributed by atoms with Crippen molar-refractivity contribution >= 4 is 81.0 Å². The zero-order valence-corrected chi connectivity index (χ0v) is 19.7. The van der Waals surface area contributed by atoms with Crippen LogP contribution in [0.15, 0.2) is 0 Å². The van der Waals surface area contributed by atoms with E-state index in [1.165, 1.54) is 114 Å². The third-order valence-electron chi connectivity index (χ3n) is 5.56. The van der Waals surface area contributed by atoms with Crippen LogP contribution in [0.25, 0.3) is 0 Å². The van der Waals surface area contributed by atoms with Crippen LogP contribution in [0.3, 0.4) is 0 Å². The van der Waals surface area contributed by atoms with Crippen LogP contribution in [0.5, 0.6) is 0 Å². The smallest absolute Gasteiger partial charge is 0.0654 e. The molecule has 0 saturated heterocycles. The number of carboxylic acid groups (broad SMARTS) is 2. The normalized spacial score (nSPS) is 11.2. The number of rotatable bonds is 20. The summed E-state index contributed by atoms with van der Waals surface area (Å²) in [6, 6.07) is 0. The van der Waals surface area contributed by atoms with Crippen molar-refractivity contribution in [2.24, 2.45) is 5.92 Å². The topological polar surface area (TPSA) is 74.6 Å². The molecule has 2 N–H and O–H groups in total. The molecule has 0 aliphatic heterocycles. The summed E-state index contributed by atoms with van der Waals surface area (Å²) in [5.74, 6) is -1.60. The van der Waals surface area contributed by atoms with Gasteiger partial charge < -0.3 is 10.2 Å². The molecule has 170 valence electrons. The van der Waals surface area contributed by atoms with E-state index in [-0.39, 0.29) is 51.4 Å². The van der Waals surface area contributed by atoms with E-state index < -0.39 is 18.4 Å². The van der Waals surface area contributed by atoms with Crippen molar-refractivity contribution in [3.63, 3.8) is 0 Å². The van der Waals surface area contributed by atoms with E-state index in [1.54, 1.807) is 0 Å². The van der Waals surface area contributed by atoms with E-state index in [0.717, 1.165) is 5.92 Å². The Morgan fingerprint density at radius 1 is 0.633 bits per heavy atom. The third kappa shape index (κ3) is 33.8. The van der Waals surface area contributed by atoms with Gasteiger partial charge in [-0.2, -0.15) is 0 Å². The minimum atomic E-state index is -1.31. The molecule has 0 rings (SSSR count). The van der Waals surface area contributed by atoms with Gasteiger partial charge in [-0.3, -0.25) is 9.59 Å². The fourth-order valence-corrected chi connectivity index (χ4v) is 3.64. The standard InChI is InChI=1S/C21H43.C3H4O4.K.Li.H/c1-4-6-8-10-11-12-13-14-16-18-20-21(3)19-17-15-9-7-5-2;4-2(5)1-3(6)7;;;/h21H,3-20H2,1-2H3;1H2,(H,4,5)(H,6,7);;;. The predicted octanol–water partition coefficient (Wildman–Crippen LogP) is 6.76. The zero-order chi connectivity index (χ0) is 22.2. The molecule has 0 fully saturated rings. The Labute approximate surface area is 238 Å². The van der Waals surface area contributed by atoms with E-state index in [1.807, 2.05) is 0 Å². The Kier molecular flexibility index (Phi) is 36.0. The Morgan fingerprint density at radius 3 is 1.17 bits per heavy atom. The van der Waals surface area contributed by atoms with Crippen LogP contribution in [-0.4, -0.2) is 91.3 Å². The summed E-state index contributed by atoms with van der Waals surface area (Å²) < 4.78 is 0. The molecule has 1 atom stereocenters. The molecule has 0 aliphatic rings. The zero-order valence-electron chi connectivity index (χ0n) is 19.7. The van der Waals surface area contributed by atoms with Gasteiger partial charge in [0.15, 0.2) is 0 Å². The summed E-state index contributed by atoms with van der Waals surface area (Å²) in [7, 11) is 0. The number of aliphatic carboxylic acids is 2. The number of hydrogen-bond donors (Lipinski definition) is 2. The molecule has 0 amide bonds. The van der Waals surface area contributed by atoms with Gasteiger partial charge in [0.05, 0.1) is 0 Å². The average molecular weight is 447 g/mol. The maximum atomic E-state index is 9.43. The molecule has 0 aromatic rings. The molecule has 0 radical (unpaired) electrons. The molecule has 6 heteroatoms. The van der Waals surface area contributed by atoms with Crippen LogP contribution in [0.2, 0.25) is 5.09 Å². The van der Waals surface area contributed by atoms with Crippen molar-refractivity contribution in [1.29, 1.82) is 0 Å². The first-order valence-electron chi connectivity index (χ1n) is 12.4. The van der Waals surface area contributed by atoms with Crippen LogP contribution in [0.1, 0.15) is 129 Å². The van der Waals surface area contributed by atoms with E-state index in [2.05, 4.69) is 31.6 Å². The summed E-state index contributed by atoms with van der Waals surface area (Å²) in [6.07, 6.45) is 24.1. The number of carboxylic acids is 2. The second-order valence-electron chi connectivity index (χ2n) is 8.41. The molecule has 0 aromatic carbocycles. The van der Waals surface area contributed by atoms with Crippen molar-refractivity contribution in [1.82, 2.24) is 0 Å². The molecular weight excluding hydrogens is 398 g/mol. The van der Waals surface area contributed by atoms with Crippen molar-refractivity contribution < 1.29 is 19.8 Å². The molecule has 0 bridgehead atoms. The molecule has 0 spiro atoms. The van der Waals surface area contributed by atoms with E-state index in [9.17, 15) is 9.59 Å². The van der Waals surface area contributed by atoms with Gasteiger partial charge in [-0.1, -0.05) is 13.3 Å². The molecule has 0 saturated carbocycles. The first kappa shape index (κ1) is 35.8. The second-order valence-corrected chi connectivity index (χ2v) is 8.41. The maximum absolute atomic E-state index is 9.43. The quantitative estimate of drug-likeness (QED) is 0.123. The number of carbonyl (C=O) groups is 2. The van der Waals surface area contributed by atoms with Gasteiger partial charge in [0.2, 0.25) is 0 Å². The SMILES string of the molecule is O=C(O)CC(=O)O.[KH].[Li][CH2]C(CCCCCCC)CCCCCCCCCCCC. The monoisotopic (exact) mass is 446 g/mol. The molecule has 0 aromatic heterocycles. The minimum Gasteiger partial charge on any atom is -0.0654 e. The molecular formula is C24H48KLiO4. The first-order chi connectivity index (χ1) is 14.0. The van der Waals surface area contributed by atoms with Crippen molar-refractivity contribution in [3.8, 4) is 0 Å². The Hall–Kier alpha value is 1.17. The first-order valence-corrected chi connectivity index (χ1v) is 12.4. The second kappa shape index (κ2) is 30.2. The molecule has 1 unspecified atom stereocenters. The third-order valence-corrected chi connectivity index (χ3v) is 5.56. The van der Waals surface area contributed by atoms with E-state index in [4.69, 9.17) is 10.2 Å². The Balaban J connectivity index is -0.000000779. The van der Waals surface area contributed by atoms with Gasteiger partial charge in [0, 0.05) is 0 Å². The van der Waals surface area contributed by atoms with Crippen LogP contribution < -0.4 is 0 Å². The molecule has 0 aliphatic carbocycles. The Bertz CT molecular complexity index is 355. The summed E-state index contributed by atoms with van der Waals surface area (Å²) in [5.41, 5.74) is 0. The van der Waals surface area contributed by atoms with Gasteiger partial charge >= 0.3 is 202 Å². The van der Waals surface area contributed by atoms with E-state index >= 15 is 0 Å². The summed E-state index contributed by atoms with van der Waals surface area (Å²) in [5, 5.41) is 16.8. The van der Waals surface area contributed by atoms with Crippen molar-refractivity contribution in [2.45, 2.75) is 135 Å². The van der Waals surface area contributed by atoms with Gasteiger partial charge in [-0.05, 0) is 0 Å². The fraction of sp³-hybridized carbons (Fsp3) is 0.917. The number of unbranched alkanes of at least 4 members (excludes halogenated alkanes) is 13. The summed E-state index contributed by atoms with van der Waals surface area (Å²) >= 11 is 2.40. The molecule has 0 heterocycles. The van der Waals surface area contributed by atoms with Gasteiger partial charge in [0.1, 0.15) is 6.42 Å². The molecule has 30 heavy (non-hydrogen) atoms. The Morgan fingerprint density at radius 2 is 0.933 bits per heavy atom. The van der Waals surface area contributed by atoms with Crippen LogP contribution in [0.4, 0.5) is 0 Å². The van der Waals surface area contributed by atoms with E-state index in [0.29, 0.717) is 0 Å². The summed E-state index contributed by atoms with van der Waals surface area (Å²) in [4.78, 5) is 18.9. The average Bonchev–Trinajstić information content (AvgIpc) is 2.67.